The van der Waals surface area contributed by atoms with Crippen molar-refractivity contribution in [3.63, 3.8) is 0 Å². The number of hydrogen-bond acceptors (Lipinski definition) is 2. The average molecular weight is 283 g/mol. The highest BCUT2D eigenvalue weighted by molar-refractivity contribution is 6.17. The van der Waals surface area contributed by atoms with Crippen LogP contribution >= 0.6 is 11.6 Å². The maximum Gasteiger partial charge on any atom is 0.101 e. The first-order valence-corrected chi connectivity index (χ1v) is 7.31. The van der Waals surface area contributed by atoms with Gasteiger partial charge in [-0.25, -0.2) is 0 Å². The number of alkyl halides is 1. The molecule has 3 heteroatoms. The van der Waals surface area contributed by atoms with Crippen LogP contribution in [0.3, 0.4) is 0 Å². The van der Waals surface area contributed by atoms with Gasteiger partial charge in [-0.2, -0.15) is 5.26 Å². The fraction of sp³-hybridized carbons (Fsp3) is 0.235. The number of halogens is 1. The van der Waals surface area contributed by atoms with Gasteiger partial charge in [0, 0.05) is 18.1 Å². The minimum Gasteiger partial charge on any atom is -0.340 e. The van der Waals surface area contributed by atoms with E-state index in [-0.39, 0.29) is 0 Å². The van der Waals surface area contributed by atoms with Gasteiger partial charge in [-0.3, -0.25) is 0 Å². The minimum absolute atomic E-state index is 0.436. The van der Waals surface area contributed by atoms with Gasteiger partial charge in [-0.1, -0.05) is 24.3 Å². The number of benzene rings is 2. The molecule has 0 N–H and O–H groups in total. The molecule has 1 heterocycles. The van der Waals surface area contributed by atoms with Gasteiger partial charge in [-0.15, -0.1) is 11.6 Å². The van der Waals surface area contributed by atoms with Gasteiger partial charge < -0.3 is 4.90 Å². The number of nitriles is 1. The monoisotopic (exact) mass is 282 g/mol. The smallest absolute Gasteiger partial charge is 0.101 e. The molecule has 0 radical (unpaired) electrons. The fourth-order valence-corrected chi connectivity index (χ4v) is 2.94. The minimum atomic E-state index is 0.436. The Bertz CT molecular complexity index is 673. The maximum atomic E-state index is 9.40. The largest absolute Gasteiger partial charge is 0.340 e. The van der Waals surface area contributed by atoms with Crippen molar-refractivity contribution < 1.29 is 0 Å². The molecular weight excluding hydrogens is 268 g/mol. The van der Waals surface area contributed by atoms with Crippen LogP contribution in [0.4, 0.5) is 11.4 Å². The molecule has 20 heavy (non-hydrogen) atoms. The van der Waals surface area contributed by atoms with Crippen molar-refractivity contribution >= 4 is 23.0 Å². The van der Waals surface area contributed by atoms with E-state index < -0.39 is 0 Å². The van der Waals surface area contributed by atoms with Gasteiger partial charge in [0.1, 0.15) is 6.07 Å². The van der Waals surface area contributed by atoms with Crippen molar-refractivity contribution in [3.05, 3.63) is 59.2 Å². The normalized spacial score (nSPS) is 13.7. The van der Waals surface area contributed by atoms with Crippen LogP contribution in [0.2, 0.25) is 0 Å². The number of fused-ring (bicyclic) bond motifs is 1. The van der Waals surface area contributed by atoms with E-state index in [1.54, 1.807) is 0 Å². The van der Waals surface area contributed by atoms with Crippen LogP contribution < -0.4 is 4.90 Å². The Morgan fingerprint density at radius 2 is 2.00 bits per heavy atom. The Labute approximate surface area is 124 Å². The molecule has 0 atom stereocenters. The fourth-order valence-electron chi connectivity index (χ4n) is 2.78. The summed E-state index contributed by atoms with van der Waals surface area (Å²) in [6.07, 6.45) is 2.22. The Balaban J connectivity index is 2.09. The van der Waals surface area contributed by atoms with E-state index >= 15 is 0 Å². The summed E-state index contributed by atoms with van der Waals surface area (Å²) in [5, 5.41) is 9.40. The third-order valence-corrected chi connectivity index (χ3v) is 4.05. The topological polar surface area (TPSA) is 27.0 Å². The van der Waals surface area contributed by atoms with Gasteiger partial charge in [0.15, 0.2) is 0 Å². The molecule has 1 aliphatic rings. The van der Waals surface area contributed by atoms with Crippen LogP contribution in [0.25, 0.3) is 0 Å². The number of rotatable bonds is 2. The summed E-state index contributed by atoms with van der Waals surface area (Å²) in [6, 6.07) is 16.6. The Hall–Kier alpha value is -1.98. The van der Waals surface area contributed by atoms with E-state index in [0.29, 0.717) is 11.4 Å². The molecule has 0 fully saturated rings. The highest BCUT2D eigenvalue weighted by Gasteiger charge is 2.20. The number of hydrogen-bond donors (Lipinski definition) is 0. The van der Waals surface area contributed by atoms with Gasteiger partial charge >= 0.3 is 0 Å². The van der Waals surface area contributed by atoms with Gasteiger partial charge in [0.05, 0.1) is 11.3 Å². The van der Waals surface area contributed by atoms with E-state index in [1.807, 2.05) is 18.2 Å². The third kappa shape index (κ3) is 2.26. The molecule has 0 amide bonds. The van der Waals surface area contributed by atoms with E-state index in [9.17, 15) is 5.26 Å². The third-order valence-electron chi connectivity index (χ3n) is 3.74. The first-order valence-electron chi connectivity index (χ1n) is 6.78. The second-order valence-electron chi connectivity index (χ2n) is 4.98. The lowest BCUT2D eigenvalue weighted by atomic mass is 9.99. The van der Waals surface area contributed by atoms with Crippen LogP contribution in [0.1, 0.15) is 23.1 Å². The van der Waals surface area contributed by atoms with Gasteiger partial charge in [0.25, 0.3) is 0 Å². The molecular formula is C17H15ClN2. The molecule has 1 aliphatic heterocycles. The van der Waals surface area contributed by atoms with Crippen LogP contribution in [-0.2, 0) is 12.3 Å². The molecule has 2 aromatic rings. The lowest BCUT2D eigenvalue weighted by Crippen LogP contribution is -2.25. The van der Waals surface area contributed by atoms with Crippen molar-refractivity contribution in [3.8, 4) is 6.07 Å². The van der Waals surface area contributed by atoms with E-state index in [4.69, 9.17) is 11.6 Å². The van der Waals surface area contributed by atoms with Crippen molar-refractivity contribution in [1.29, 1.82) is 5.26 Å². The van der Waals surface area contributed by atoms with E-state index in [2.05, 4.69) is 35.2 Å². The predicted molar refractivity (Wildman–Crippen MR) is 82.5 cm³/mol. The van der Waals surface area contributed by atoms with Gasteiger partial charge in [0.2, 0.25) is 0 Å². The van der Waals surface area contributed by atoms with E-state index in [0.717, 1.165) is 30.6 Å². The van der Waals surface area contributed by atoms with E-state index in [1.165, 1.54) is 11.3 Å². The van der Waals surface area contributed by atoms with Crippen LogP contribution in [0.15, 0.2) is 42.5 Å². The van der Waals surface area contributed by atoms with Crippen molar-refractivity contribution in [2.75, 3.05) is 11.4 Å². The zero-order valence-electron chi connectivity index (χ0n) is 11.1. The maximum absolute atomic E-state index is 9.40. The highest BCUT2D eigenvalue weighted by Crippen LogP contribution is 2.35. The van der Waals surface area contributed by atoms with Crippen LogP contribution in [0.5, 0.6) is 0 Å². The molecule has 0 saturated carbocycles. The molecule has 0 saturated heterocycles. The first kappa shape index (κ1) is 13.0. The lowest BCUT2D eigenvalue weighted by Gasteiger charge is -2.32. The summed E-state index contributed by atoms with van der Waals surface area (Å²) in [4.78, 5) is 2.25. The summed E-state index contributed by atoms with van der Waals surface area (Å²) in [5.41, 5.74) is 5.23. The molecule has 0 aliphatic carbocycles. The second kappa shape index (κ2) is 5.56. The highest BCUT2D eigenvalue weighted by atomic mass is 35.5. The standard InChI is InChI=1S/C17H15ClN2/c18-11-13-7-8-17(15(10-13)12-19)20-9-3-5-14-4-1-2-6-16(14)20/h1-2,4,6-8,10H,3,5,9,11H2. The average Bonchev–Trinajstić information content (AvgIpc) is 2.53. The number of aryl methyl sites for hydroxylation is 1. The summed E-state index contributed by atoms with van der Waals surface area (Å²) in [6.45, 7) is 0.950. The Morgan fingerprint density at radius 1 is 1.15 bits per heavy atom. The van der Waals surface area contributed by atoms with Gasteiger partial charge in [-0.05, 0) is 42.2 Å². The summed E-state index contributed by atoms with van der Waals surface area (Å²) in [7, 11) is 0. The lowest BCUT2D eigenvalue weighted by molar-refractivity contribution is 0.766. The zero-order chi connectivity index (χ0) is 13.9. The molecule has 2 aromatic carbocycles. The summed E-state index contributed by atoms with van der Waals surface area (Å²) in [5.74, 6) is 0.436. The summed E-state index contributed by atoms with van der Waals surface area (Å²) >= 11 is 5.85. The molecule has 3 rings (SSSR count). The number of para-hydroxylation sites is 1. The Morgan fingerprint density at radius 3 is 2.80 bits per heavy atom. The first-order chi connectivity index (χ1) is 9.83. The molecule has 100 valence electrons. The predicted octanol–water partition coefficient (Wildman–Crippen LogP) is 4.38. The molecule has 0 aromatic heterocycles. The van der Waals surface area contributed by atoms with Crippen molar-refractivity contribution in [2.45, 2.75) is 18.7 Å². The Kier molecular flexibility index (Phi) is 3.62. The molecule has 0 unspecified atom stereocenters. The zero-order valence-corrected chi connectivity index (χ0v) is 11.9. The van der Waals surface area contributed by atoms with Crippen LogP contribution in [-0.4, -0.2) is 6.54 Å². The molecule has 0 bridgehead atoms. The second-order valence-corrected chi connectivity index (χ2v) is 5.25. The number of nitrogens with zero attached hydrogens (tertiary/aromatic N) is 2. The molecule has 2 nitrogen and oxygen atoms in total. The van der Waals surface area contributed by atoms with Crippen LogP contribution in [0, 0.1) is 11.3 Å². The molecule has 0 spiro atoms. The number of anilines is 2. The quantitative estimate of drug-likeness (QED) is 0.764. The van der Waals surface area contributed by atoms with Crippen molar-refractivity contribution in [2.24, 2.45) is 0 Å². The summed E-state index contributed by atoms with van der Waals surface area (Å²) < 4.78 is 0. The SMILES string of the molecule is N#Cc1cc(CCl)ccc1N1CCCc2ccccc21. The van der Waals surface area contributed by atoms with Crippen molar-refractivity contribution in [1.82, 2.24) is 0 Å².